The molecule has 0 aromatic heterocycles. The van der Waals surface area contributed by atoms with Gasteiger partial charge in [0.2, 0.25) is 0 Å². The normalized spacial score (nSPS) is 12.0. The van der Waals surface area contributed by atoms with Crippen LogP contribution in [0.2, 0.25) is 0 Å². The van der Waals surface area contributed by atoms with E-state index in [-0.39, 0.29) is 5.41 Å². The summed E-state index contributed by atoms with van der Waals surface area (Å²) in [4.78, 5) is 4.76. The topological polar surface area (TPSA) is 18.5 Å². The van der Waals surface area contributed by atoms with Crippen LogP contribution in [0.5, 0.6) is 0 Å². The molecule has 0 spiro atoms. The standard InChI is InChI=1S/C64H67N3/c1-4-64(3,5-2)55-34-42-61(43-35-55)67(59-38-25-49(26-39-59)18-12-8-6-7-9-13-19-50-24-27-53-28-29-54(53)48-50)63-46-44-62(45-47-63)66(58-22-16-11-17-23-58)60-40-32-52(33-41-60)51-30-36-57(37-31-51)65-56-20-14-10-15-21-56/h10-11,14-17,20-27,30-48,65H,4-9,12-13,18-19,28-29H2,1-3H3. The number of rotatable bonds is 21. The molecule has 338 valence electrons. The largest absolute Gasteiger partial charge is 0.356 e. The SMILES string of the molecule is CCC(C)(CC)c1ccc(N(c2ccc(CCCCCCCCc3ccc4c(c3)CC4)cc2)c2ccc(N(c3ccccc3)c3ccc(-c4ccc(Nc5ccccc5)cc4)cc3)cc2)cc1. The van der Waals surface area contributed by atoms with Gasteiger partial charge < -0.3 is 15.1 Å². The molecule has 67 heavy (non-hydrogen) atoms. The highest BCUT2D eigenvalue weighted by Gasteiger charge is 2.23. The lowest BCUT2D eigenvalue weighted by molar-refractivity contribution is 0.439. The van der Waals surface area contributed by atoms with E-state index in [2.05, 4.69) is 218 Å². The zero-order valence-corrected chi connectivity index (χ0v) is 39.9. The zero-order chi connectivity index (χ0) is 45.8. The van der Waals surface area contributed by atoms with Crippen molar-refractivity contribution in [1.29, 1.82) is 0 Å². The molecule has 0 atom stereocenters. The fourth-order valence-electron chi connectivity index (χ4n) is 9.71. The maximum absolute atomic E-state index is 3.50. The van der Waals surface area contributed by atoms with Crippen molar-refractivity contribution in [2.45, 2.75) is 103 Å². The van der Waals surface area contributed by atoms with E-state index in [0.29, 0.717) is 0 Å². The third kappa shape index (κ3) is 11.1. The van der Waals surface area contributed by atoms with E-state index in [1.807, 2.05) is 18.2 Å². The van der Waals surface area contributed by atoms with Gasteiger partial charge in [0.05, 0.1) is 0 Å². The maximum atomic E-state index is 3.50. The molecule has 1 N–H and O–H groups in total. The van der Waals surface area contributed by atoms with Crippen LogP contribution in [0.25, 0.3) is 11.1 Å². The summed E-state index contributed by atoms with van der Waals surface area (Å²) in [6.07, 6.45) is 15.0. The highest BCUT2D eigenvalue weighted by atomic mass is 15.2. The Labute approximate surface area is 401 Å². The van der Waals surface area contributed by atoms with Crippen LogP contribution in [0, 0.1) is 0 Å². The number of benzene rings is 8. The van der Waals surface area contributed by atoms with Gasteiger partial charge >= 0.3 is 0 Å². The average Bonchev–Trinajstić information content (AvgIpc) is 3.37. The summed E-state index contributed by atoms with van der Waals surface area (Å²) in [5, 5.41) is 3.50. The van der Waals surface area contributed by atoms with Crippen molar-refractivity contribution in [3.8, 4) is 11.1 Å². The lowest BCUT2D eigenvalue weighted by Crippen LogP contribution is -2.19. The second-order valence-electron chi connectivity index (χ2n) is 18.8. The lowest BCUT2D eigenvalue weighted by Gasteiger charge is -2.30. The van der Waals surface area contributed by atoms with Crippen molar-refractivity contribution in [2.75, 3.05) is 15.1 Å². The average molecular weight is 878 g/mol. The molecule has 0 heterocycles. The third-order valence-corrected chi connectivity index (χ3v) is 14.5. The molecular weight excluding hydrogens is 811 g/mol. The van der Waals surface area contributed by atoms with Gasteiger partial charge in [0.25, 0.3) is 0 Å². The maximum Gasteiger partial charge on any atom is 0.0463 e. The number of unbranched alkanes of at least 4 members (excludes halogenated alkanes) is 5. The molecule has 9 rings (SSSR count). The van der Waals surface area contributed by atoms with E-state index < -0.39 is 0 Å². The van der Waals surface area contributed by atoms with Crippen molar-refractivity contribution in [3.05, 3.63) is 228 Å². The molecule has 0 radical (unpaired) electrons. The van der Waals surface area contributed by atoms with E-state index in [9.17, 15) is 0 Å². The van der Waals surface area contributed by atoms with Gasteiger partial charge in [-0.25, -0.2) is 0 Å². The summed E-state index contributed by atoms with van der Waals surface area (Å²) >= 11 is 0. The molecule has 3 heteroatoms. The Kier molecular flexibility index (Phi) is 14.6. The van der Waals surface area contributed by atoms with Crippen molar-refractivity contribution in [2.24, 2.45) is 0 Å². The van der Waals surface area contributed by atoms with Gasteiger partial charge in [-0.05, 0) is 193 Å². The number of nitrogens with one attached hydrogen (secondary N) is 1. The first kappa shape index (κ1) is 45.3. The number of aryl methyl sites for hydroxylation is 4. The number of para-hydroxylation sites is 2. The molecular formula is C64H67N3. The van der Waals surface area contributed by atoms with E-state index in [1.165, 1.54) is 97.0 Å². The van der Waals surface area contributed by atoms with Crippen molar-refractivity contribution < 1.29 is 0 Å². The summed E-state index contributed by atoms with van der Waals surface area (Å²) < 4.78 is 0. The monoisotopic (exact) mass is 878 g/mol. The second-order valence-corrected chi connectivity index (χ2v) is 18.8. The van der Waals surface area contributed by atoms with Gasteiger partial charge in [0.1, 0.15) is 0 Å². The smallest absolute Gasteiger partial charge is 0.0463 e. The van der Waals surface area contributed by atoms with E-state index >= 15 is 0 Å². The molecule has 3 nitrogen and oxygen atoms in total. The zero-order valence-electron chi connectivity index (χ0n) is 39.9. The highest BCUT2D eigenvalue weighted by molar-refractivity contribution is 5.82. The van der Waals surface area contributed by atoms with Gasteiger partial charge in [0.15, 0.2) is 0 Å². The van der Waals surface area contributed by atoms with Crippen LogP contribution in [0.15, 0.2) is 200 Å². The number of nitrogens with zero attached hydrogens (tertiary/aromatic N) is 2. The Morgan fingerprint density at radius 3 is 1.30 bits per heavy atom. The summed E-state index contributed by atoms with van der Waals surface area (Å²) in [5.74, 6) is 0. The Bertz CT molecular complexity index is 2750. The molecule has 0 saturated carbocycles. The first-order valence-electron chi connectivity index (χ1n) is 25.0. The van der Waals surface area contributed by atoms with Crippen LogP contribution in [0.4, 0.5) is 45.5 Å². The Morgan fingerprint density at radius 2 is 0.791 bits per heavy atom. The van der Waals surface area contributed by atoms with Gasteiger partial charge in [-0.1, -0.05) is 150 Å². The van der Waals surface area contributed by atoms with Crippen molar-refractivity contribution >= 4 is 45.5 Å². The van der Waals surface area contributed by atoms with E-state index in [4.69, 9.17) is 0 Å². The molecule has 8 aromatic carbocycles. The summed E-state index contributed by atoms with van der Waals surface area (Å²) in [6, 6.07) is 73.5. The number of hydrogen-bond donors (Lipinski definition) is 1. The van der Waals surface area contributed by atoms with Crippen LogP contribution in [-0.4, -0.2) is 0 Å². The predicted octanol–water partition coefficient (Wildman–Crippen LogP) is 18.3. The van der Waals surface area contributed by atoms with E-state index in [0.717, 1.165) is 53.4 Å². The van der Waals surface area contributed by atoms with Crippen LogP contribution in [-0.2, 0) is 31.1 Å². The summed E-state index contributed by atoms with van der Waals surface area (Å²) in [7, 11) is 0. The van der Waals surface area contributed by atoms with Gasteiger partial charge in [-0.2, -0.15) is 0 Å². The molecule has 1 aliphatic carbocycles. The van der Waals surface area contributed by atoms with Crippen molar-refractivity contribution in [1.82, 2.24) is 0 Å². The Hall–Kier alpha value is -6.84. The minimum atomic E-state index is 0.166. The first-order chi connectivity index (χ1) is 33.0. The quantitative estimate of drug-likeness (QED) is 0.0726. The number of anilines is 8. The molecule has 0 unspecified atom stereocenters. The van der Waals surface area contributed by atoms with Crippen LogP contribution in [0.3, 0.4) is 0 Å². The fourth-order valence-corrected chi connectivity index (χ4v) is 9.71. The third-order valence-electron chi connectivity index (χ3n) is 14.5. The van der Waals surface area contributed by atoms with Crippen LogP contribution in [0.1, 0.15) is 100.0 Å². The molecule has 0 amide bonds. The summed E-state index contributed by atoms with van der Waals surface area (Å²) in [6.45, 7) is 7.00. The van der Waals surface area contributed by atoms with Gasteiger partial charge in [0, 0.05) is 45.5 Å². The number of hydrogen-bond acceptors (Lipinski definition) is 3. The molecule has 0 aliphatic heterocycles. The fraction of sp³-hybridized carbons (Fsp3) is 0.250. The second kappa shape index (κ2) is 21.6. The van der Waals surface area contributed by atoms with E-state index in [1.54, 1.807) is 11.1 Å². The molecule has 0 saturated heterocycles. The predicted molar refractivity (Wildman–Crippen MR) is 288 cm³/mol. The minimum Gasteiger partial charge on any atom is -0.356 e. The Morgan fingerprint density at radius 1 is 0.388 bits per heavy atom. The van der Waals surface area contributed by atoms with Crippen LogP contribution >= 0.6 is 0 Å². The first-order valence-corrected chi connectivity index (χ1v) is 25.0. The molecule has 0 fully saturated rings. The van der Waals surface area contributed by atoms with Gasteiger partial charge in [-0.15, -0.1) is 0 Å². The number of fused-ring (bicyclic) bond motifs is 1. The Balaban J connectivity index is 0.896. The van der Waals surface area contributed by atoms with Crippen LogP contribution < -0.4 is 15.1 Å². The molecule has 0 bridgehead atoms. The highest BCUT2D eigenvalue weighted by Crippen LogP contribution is 2.41. The van der Waals surface area contributed by atoms with Crippen molar-refractivity contribution in [3.63, 3.8) is 0 Å². The lowest BCUT2D eigenvalue weighted by atomic mass is 9.78. The van der Waals surface area contributed by atoms with Gasteiger partial charge in [-0.3, -0.25) is 0 Å². The molecule has 1 aliphatic rings. The molecule has 8 aromatic rings. The summed E-state index contributed by atoms with van der Waals surface area (Å²) in [5.41, 5.74) is 19.0. The minimum absolute atomic E-state index is 0.166.